The molecule has 0 aromatic carbocycles. The number of unbranched alkanes of at least 4 members (excludes halogenated alkanes) is 52. The summed E-state index contributed by atoms with van der Waals surface area (Å²) in [5.41, 5.74) is 0. The van der Waals surface area contributed by atoms with E-state index < -0.39 is 11.5 Å². The first kappa shape index (κ1) is 81.6. The van der Waals surface area contributed by atoms with Crippen LogP contribution in [0, 0.1) is 0 Å². The minimum Gasteiger partial charge on any atom is -0.784 e. The molecule has 0 aliphatic rings. The zero-order valence-corrected chi connectivity index (χ0v) is 59.3. The SMILES string of the molecule is CCCCCCCCCCCCCCCCSP(=O)([O-])SCCCCCCCCCCCCCCCC.CCCCCCCCCCCCCCCCSP(=O)([O-])SCCCCCCCCCCCCCCCC.[Zn+2]. The van der Waals surface area contributed by atoms with Crippen LogP contribution in [0.1, 0.15) is 387 Å². The summed E-state index contributed by atoms with van der Waals surface area (Å²) in [6.07, 6.45) is 75.4. The summed E-state index contributed by atoms with van der Waals surface area (Å²) in [6.45, 7) is 9.12. The van der Waals surface area contributed by atoms with Crippen LogP contribution < -0.4 is 9.79 Å². The molecule has 0 unspecified atom stereocenters. The molecule has 0 amide bonds. The topological polar surface area (TPSA) is 80.3 Å². The number of rotatable bonds is 64. The molecule has 0 bridgehead atoms. The molecule has 0 heterocycles. The van der Waals surface area contributed by atoms with Crippen molar-refractivity contribution in [2.75, 3.05) is 23.0 Å². The third-order valence-corrected chi connectivity index (χ3v) is 27.9. The van der Waals surface area contributed by atoms with Gasteiger partial charge in [-0.2, -0.15) is 0 Å². The van der Waals surface area contributed by atoms with Crippen molar-refractivity contribution in [3.63, 3.8) is 0 Å². The monoisotopic (exact) mass is 1220 g/mol. The Balaban J connectivity index is -0.00000136. The van der Waals surface area contributed by atoms with Crippen LogP contribution in [0.15, 0.2) is 0 Å². The fourth-order valence-corrected chi connectivity index (χ4v) is 21.0. The molecule has 0 aromatic heterocycles. The Labute approximate surface area is 501 Å². The van der Waals surface area contributed by atoms with E-state index in [9.17, 15) is 18.9 Å². The average molecular weight is 1220 g/mol. The third kappa shape index (κ3) is 76.4. The van der Waals surface area contributed by atoms with E-state index in [1.165, 1.54) is 379 Å². The Bertz CT molecular complexity index is 967. The molecule has 0 spiro atoms. The van der Waals surface area contributed by atoms with Gasteiger partial charge < -0.3 is 18.9 Å². The molecule has 0 radical (unpaired) electrons. The molecule has 0 N–H and O–H groups in total. The van der Waals surface area contributed by atoms with Gasteiger partial charge in [0.15, 0.2) is 0 Å². The molecule has 75 heavy (non-hydrogen) atoms. The molecule has 0 aliphatic heterocycles. The van der Waals surface area contributed by atoms with Crippen molar-refractivity contribution in [3.05, 3.63) is 0 Å². The van der Waals surface area contributed by atoms with Gasteiger partial charge in [-0.25, -0.2) is 0 Å². The standard InChI is InChI=1S/2C32H67O2PS2.Zn/c2*1-3-5-7-9-11-13-15-17-19-21-23-25-27-29-31-36-35(33,34)37-32-30-28-26-24-22-20-18-16-14-12-10-8-6-4-2;/h2*3-32H2,1-2H3,(H,33,34);/q;;+2/p-2. The zero-order valence-electron chi connectivity index (χ0n) is 51.3. The summed E-state index contributed by atoms with van der Waals surface area (Å²) < 4.78 is 24.5. The van der Waals surface area contributed by atoms with Gasteiger partial charge in [0, 0.05) is 23.0 Å². The maximum absolute atomic E-state index is 12.3. The molecule has 0 aromatic rings. The van der Waals surface area contributed by atoms with Gasteiger partial charge >= 0.3 is 19.5 Å². The second-order valence-corrected chi connectivity index (χ2v) is 37.3. The second kappa shape index (κ2) is 70.7. The van der Waals surface area contributed by atoms with Gasteiger partial charge in [0.05, 0.1) is 0 Å². The van der Waals surface area contributed by atoms with Crippen molar-refractivity contribution in [1.29, 1.82) is 0 Å². The van der Waals surface area contributed by atoms with Crippen LogP contribution >= 0.6 is 57.1 Å². The first-order valence-electron chi connectivity index (χ1n) is 33.4. The molecular formula is C64H132O4P2S4Zn. The van der Waals surface area contributed by atoms with Crippen molar-refractivity contribution in [1.82, 2.24) is 0 Å². The molecule has 0 rings (SSSR count). The van der Waals surface area contributed by atoms with Crippen LogP contribution in [0.4, 0.5) is 0 Å². The van der Waals surface area contributed by atoms with E-state index in [0.29, 0.717) is 0 Å². The molecule has 0 saturated carbocycles. The largest absolute Gasteiger partial charge is 2.00 e. The molecule has 0 fully saturated rings. The van der Waals surface area contributed by atoms with Gasteiger partial charge in [-0.05, 0) is 25.7 Å². The predicted molar refractivity (Wildman–Crippen MR) is 346 cm³/mol. The van der Waals surface area contributed by atoms with Crippen molar-refractivity contribution in [3.8, 4) is 0 Å². The molecular weight excluding hydrogens is 1090 g/mol. The normalized spacial score (nSPS) is 11.8. The summed E-state index contributed by atoms with van der Waals surface area (Å²) in [7, 11) is 0. The Hall–Kier alpha value is 2.40. The number of hydrogen-bond donors (Lipinski definition) is 0. The van der Waals surface area contributed by atoms with E-state index in [0.717, 1.165) is 48.7 Å². The van der Waals surface area contributed by atoms with Gasteiger partial charge in [0.2, 0.25) is 0 Å². The van der Waals surface area contributed by atoms with E-state index >= 15 is 0 Å². The quantitative estimate of drug-likeness (QED) is 0.0339. The Morgan fingerprint density at radius 1 is 0.200 bits per heavy atom. The van der Waals surface area contributed by atoms with E-state index in [1.807, 2.05) is 0 Å². The van der Waals surface area contributed by atoms with Crippen molar-refractivity contribution in [2.45, 2.75) is 387 Å². The summed E-state index contributed by atoms with van der Waals surface area (Å²) >= 11 is 4.85. The van der Waals surface area contributed by atoms with Gasteiger partial charge in [-0.15, -0.1) is 45.5 Å². The van der Waals surface area contributed by atoms with E-state index in [4.69, 9.17) is 0 Å². The summed E-state index contributed by atoms with van der Waals surface area (Å²) in [4.78, 5) is 24.5. The fraction of sp³-hybridized carbons (Fsp3) is 1.00. The molecule has 11 heteroatoms. The van der Waals surface area contributed by atoms with Crippen molar-refractivity contribution in [2.24, 2.45) is 0 Å². The predicted octanol–water partition coefficient (Wildman–Crippen LogP) is 25.8. The number of hydrogen-bond acceptors (Lipinski definition) is 8. The Morgan fingerprint density at radius 3 is 0.400 bits per heavy atom. The smallest absolute Gasteiger partial charge is 0.784 e. The first-order valence-corrected chi connectivity index (χ1v) is 43.1. The summed E-state index contributed by atoms with van der Waals surface area (Å²) in [5.74, 6) is -3.44. The molecule has 448 valence electrons. The van der Waals surface area contributed by atoms with Gasteiger partial charge in [0.1, 0.15) is 11.5 Å². The minimum absolute atomic E-state index is 0. The average Bonchev–Trinajstić information content (AvgIpc) is 3.38. The van der Waals surface area contributed by atoms with Crippen LogP contribution in [0.3, 0.4) is 0 Å². The maximum atomic E-state index is 12.3. The van der Waals surface area contributed by atoms with E-state index in [1.54, 1.807) is 0 Å². The van der Waals surface area contributed by atoms with Crippen LogP contribution in [0.2, 0.25) is 0 Å². The Morgan fingerprint density at radius 2 is 0.293 bits per heavy atom. The first-order chi connectivity index (χ1) is 36.2. The summed E-state index contributed by atoms with van der Waals surface area (Å²) in [6, 6.07) is 0. The molecule has 0 saturated heterocycles. The maximum Gasteiger partial charge on any atom is 2.00 e. The summed E-state index contributed by atoms with van der Waals surface area (Å²) in [5, 5.41) is 0. The van der Waals surface area contributed by atoms with E-state index in [-0.39, 0.29) is 19.5 Å². The van der Waals surface area contributed by atoms with Gasteiger partial charge in [0.25, 0.3) is 0 Å². The van der Waals surface area contributed by atoms with Crippen LogP contribution in [0.25, 0.3) is 0 Å². The molecule has 0 aliphatic carbocycles. The minimum atomic E-state index is -3.28. The van der Waals surface area contributed by atoms with Crippen LogP contribution in [-0.2, 0) is 28.6 Å². The molecule has 4 nitrogen and oxygen atoms in total. The molecule has 0 atom stereocenters. The second-order valence-electron chi connectivity index (χ2n) is 22.6. The van der Waals surface area contributed by atoms with E-state index in [2.05, 4.69) is 27.7 Å². The van der Waals surface area contributed by atoms with Gasteiger partial charge in [-0.1, -0.05) is 362 Å². The third-order valence-electron chi connectivity index (χ3n) is 15.0. The Kier molecular flexibility index (Phi) is 76.9. The van der Waals surface area contributed by atoms with Gasteiger partial charge in [-0.3, -0.25) is 0 Å². The van der Waals surface area contributed by atoms with Crippen LogP contribution in [0.5, 0.6) is 0 Å². The zero-order chi connectivity index (χ0) is 54.3. The van der Waals surface area contributed by atoms with Crippen LogP contribution in [-0.4, -0.2) is 23.0 Å². The fourth-order valence-electron chi connectivity index (χ4n) is 9.97. The van der Waals surface area contributed by atoms with Crippen molar-refractivity contribution < 1.29 is 38.4 Å². The van der Waals surface area contributed by atoms with Crippen molar-refractivity contribution >= 4 is 57.1 Å².